The Balaban J connectivity index is 2.09. The first-order valence-corrected chi connectivity index (χ1v) is 5.85. The zero-order valence-electron chi connectivity index (χ0n) is 10.3. The van der Waals surface area contributed by atoms with Crippen LogP contribution in [0.15, 0.2) is 48.7 Å². The van der Waals surface area contributed by atoms with Crippen LogP contribution in [0.1, 0.15) is 5.69 Å². The molecule has 5 heteroatoms. The predicted octanol–water partition coefficient (Wildman–Crippen LogP) is 3.22. The minimum Gasteiger partial charge on any atom is -0.304 e. The van der Waals surface area contributed by atoms with Gasteiger partial charge in [0.1, 0.15) is 5.65 Å². The highest BCUT2D eigenvalue weighted by Gasteiger charge is 2.08. The number of hydrogen-bond donors (Lipinski definition) is 0. The van der Waals surface area contributed by atoms with Crippen molar-refractivity contribution >= 4 is 11.3 Å². The first-order valence-electron chi connectivity index (χ1n) is 5.85. The molecule has 3 aromatic rings. The second-order valence-corrected chi connectivity index (χ2v) is 4.33. The molecule has 0 aliphatic rings. The molecule has 0 saturated carbocycles. The number of non-ortho nitro benzene ring substituents is 1. The van der Waals surface area contributed by atoms with Crippen LogP contribution in [0.5, 0.6) is 0 Å². The van der Waals surface area contributed by atoms with E-state index in [0.29, 0.717) is 0 Å². The third kappa shape index (κ3) is 1.95. The van der Waals surface area contributed by atoms with Crippen LogP contribution < -0.4 is 0 Å². The van der Waals surface area contributed by atoms with Crippen LogP contribution in [0.25, 0.3) is 16.9 Å². The molecule has 0 saturated heterocycles. The molecule has 0 atom stereocenters. The van der Waals surface area contributed by atoms with Gasteiger partial charge < -0.3 is 4.40 Å². The van der Waals surface area contributed by atoms with Crippen molar-refractivity contribution in [2.24, 2.45) is 0 Å². The van der Waals surface area contributed by atoms with Gasteiger partial charge in [-0.2, -0.15) is 0 Å². The molecular weight excluding hydrogens is 242 g/mol. The molecule has 0 fully saturated rings. The minimum atomic E-state index is -0.405. The summed E-state index contributed by atoms with van der Waals surface area (Å²) >= 11 is 0. The van der Waals surface area contributed by atoms with Gasteiger partial charge in [-0.15, -0.1) is 0 Å². The molecule has 2 heterocycles. The lowest BCUT2D eigenvalue weighted by Crippen LogP contribution is -1.87. The van der Waals surface area contributed by atoms with Gasteiger partial charge in [0.15, 0.2) is 0 Å². The molecule has 5 nitrogen and oxygen atoms in total. The van der Waals surface area contributed by atoms with Crippen molar-refractivity contribution in [1.82, 2.24) is 9.38 Å². The predicted molar refractivity (Wildman–Crippen MR) is 72.0 cm³/mol. The number of benzene rings is 1. The maximum atomic E-state index is 10.6. The van der Waals surface area contributed by atoms with E-state index in [2.05, 4.69) is 4.98 Å². The Kier molecular flexibility index (Phi) is 2.52. The third-order valence-corrected chi connectivity index (χ3v) is 3.07. The van der Waals surface area contributed by atoms with Crippen molar-refractivity contribution in [1.29, 1.82) is 0 Å². The summed E-state index contributed by atoms with van der Waals surface area (Å²) < 4.78 is 2.00. The number of nitrogens with zero attached hydrogens (tertiary/aromatic N) is 3. The van der Waals surface area contributed by atoms with E-state index in [9.17, 15) is 10.1 Å². The number of hydrogen-bond acceptors (Lipinski definition) is 3. The molecule has 2 aromatic heterocycles. The molecule has 1 aromatic carbocycles. The van der Waals surface area contributed by atoms with E-state index in [1.807, 2.05) is 35.7 Å². The lowest BCUT2D eigenvalue weighted by Gasteiger charge is -1.96. The summed E-state index contributed by atoms with van der Waals surface area (Å²) in [4.78, 5) is 14.7. The zero-order valence-corrected chi connectivity index (χ0v) is 10.3. The molecule has 0 amide bonds. The molecule has 0 N–H and O–H groups in total. The van der Waals surface area contributed by atoms with Crippen molar-refractivity contribution in [3.63, 3.8) is 0 Å². The van der Waals surface area contributed by atoms with Gasteiger partial charge in [-0.25, -0.2) is 4.98 Å². The number of fused-ring (bicyclic) bond motifs is 1. The fourth-order valence-electron chi connectivity index (χ4n) is 2.04. The summed E-state index contributed by atoms with van der Waals surface area (Å²) in [6.07, 6.45) is 1.94. The van der Waals surface area contributed by atoms with Gasteiger partial charge >= 0.3 is 0 Å². The molecule has 19 heavy (non-hydrogen) atoms. The molecule has 0 unspecified atom stereocenters. The van der Waals surface area contributed by atoms with E-state index < -0.39 is 4.92 Å². The van der Waals surface area contributed by atoms with Crippen molar-refractivity contribution in [3.05, 3.63) is 64.5 Å². The second kappa shape index (κ2) is 4.20. The van der Waals surface area contributed by atoms with Crippen molar-refractivity contribution in [2.75, 3.05) is 0 Å². The van der Waals surface area contributed by atoms with E-state index in [0.717, 1.165) is 22.6 Å². The zero-order chi connectivity index (χ0) is 13.4. The fraction of sp³-hybridized carbons (Fsp3) is 0.0714. The Hall–Kier alpha value is -2.69. The molecule has 3 rings (SSSR count). The second-order valence-electron chi connectivity index (χ2n) is 4.33. The van der Waals surface area contributed by atoms with Crippen LogP contribution in [0.3, 0.4) is 0 Å². The standard InChI is InChI=1S/C14H11N3O2/c1-10-3-2-4-14-15-13(9-16(10)14)11-5-7-12(8-6-11)17(18)19/h2-9H,1H3. The van der Waals surface area contributed by atoms with Crippen LogP contribution in [0, 0.1) is 17.0 Å². The Morgan fingerprint density at radius 3 is 2.53 bits per heavy atom. The van der Waals surface area contributed by atoms with Crippen molar-refractivity contribution in [2.45, 2.75) is 6.92 Å². The summed E-state index contributed by atoms with van der Waals surface area (Å²) in [5.74, 6) is 0. The number of aromatic nitrogens is 2. The summed E-state index contributed by atoms with van der Waals surface area (Å²) in [6, 6.07) is 12.3. The first kappa shape index (κ1) is 11.4. The van der Waals surface area contributed by atoms with Gasteiger partial charge in [0.05, 0.1) is 10.6 Å². The summed E-state index contributed by atoms with van der Waals surface area (Å²) in [5, 5.41) is 10.6. The molecule has 0 radical (unpaired) electrons. The van der Waals surface area contributed by atoms with E-state index in [1.54, 1.807) is 12.1 Å². The summed E-state index contributed by atoms with van der Waals surface area (Å²) in [7, 11) is 0. The summed E-state index contributed by atoms with van der Waals surface area (Å²) in [5.41, 5.74) is 3.73. The average Bonchev–Trinajstić information content (AvgIpc) is 2.84. The number of imidazole rings is 1. The summed E-state index contributed by atoms with van der Waals surface area (Å²) in [6.45, 7) is 2.01. The number of nitro benzene ring substituents is 1. The SMILES string of the molecule is Cc1cccc2nc(-c3ccc([N+](=O)[O-])cc3)cn12. The third-order valence-electron chi connectivity index (χ3n) is 3.07. The Morgan fingerprint density at radius 2 is 1.89 bits per heavy atom. The van der Waals surface area contributed by atoms with Crippen molar-refractivity contribution in [3.8, 4) is 11.3 Å². The molecule has 0 spiro atoms. The van der Waals surface area contributed by atoms with Gasteiger partial charge in [-0.1, -0.05) is 6.07 Å². The van der Waals surface area contributed by atoms with E-state index in [4.69, 9.17) is 0 Å². The van der Waals surface area contributed by atoms with Gasteiger partial charge in [0.25, 0.3) is 5.69 Å². The van der Waals surface area contributed by atoms with Gasteiger partial charge in [0.2, 0.25) is 0 Å². The Morgan fingerprint density at radius 1 is 1.16 bits per heavy atom. The highest BCUT2D eigenvalue weighted by molar-refractivity contribution is 5.64. The highest BCUT2D eigenvalue weighted by atomic mass is 16.6. The maximum absolute atomic E-state index is 10.6. The van der Waals surface area contributed by atoms with Crippen LogP contribution in [0.2, 0.25) is 0 Å². The van der Waals surface area contributed by atoms with Gasteiger partial charge in [-0.05, 0) is 31.2 Å². The van der Waals surface area contributed by atoms with Crippen LogP contribution in [0.4, 0.5) is 5.69 Å². The van der Waals surface area contributed by atoms with Crippen LogP contribution in [-0.2, 0) is 0 Å². The minimum absolute atomic E-state index is 0.0868. The van der Waals surface area contributed by atoms with Crippen LogP contribution >= 0.6 is 0 Å². The lowest BCUT2D eigenvalue weighted by molar-refractivity contribution is -0.384. The highest BCUT2D eigenvalue weighted by Crippen LogP contribution is 2.22. The largest absolute Gasteiger partial charge is 0.304 e. The number of nitro groups is 1. The molecule has 0 aliphatic carbocycles. The first-order chi connectivity index (χ1) is 9.15. The lowest BCUT2D eigenvalue weighted by atomic mass is 10.1. The quantitative estimate of drug-likeness (QED) is 0.520. The van der Waals surface area contributed by atoms with E-state index in [-0.39, 0.29) is 5.69 Å². The normalized spacial score (nSPS) is 10.8. The smallest absolute Gasteiger partial charge is 0.269 e. The number of pyridine rings is 1. The molecular formula is C14H11N3O2. The van der Waals surface area contributed by atoms with Crippen molar-refractivity contribution < 1.29 is 4.92 Å². The van der Waals surface area contributed by atoms with E-state index >= 15 is 0 Å². The van der Waals surface area contributed by atoms with E-state index in [1.165, 1.54) is 12.1 Å². The molecule has 0 aliphatic heterocycles. The molecule has 94 valence electrons. The Bertz CT molecular complexity index is 760. The van der Waals surface area contributed by atoms with Gasteiger partial charge in [-0.3, -0.25) is 10.1 Å². The number of rotatable bonds is 2. The fourth-order valence-corrected chi connectivity index (χ4v) is 2.04. The Labute approximate surface area is 109 Å². The topological polar surface area (TPSA) is 60.4 Å². The van der Waals surface area contributed by atoms with Gasteiger partial charge in [0, 0.05) is 29.6 Å². The van der Waals surface area contributed by atoms with Crippen LogP contribution in [-0.4, -0.2) is 14.3 Å². The monoisotopic (exact) mass is 253 g/mol. The average molecular weight is 253 g/mol. The molecule has 0 bridgehead atoms. The maximum Gasteiger partial charge on any atom is 0.269 e. The number of aryl methyl sites for hydroxylation is 1.